The van der Waals surface area contributed by atoms with E-state index >= 15 is 0 Å². The van der Waals surface area contributed by atoms with Crippen molar-refractivity contribution in [2.75, 3.05) is 13.1 Å². The minimum Gasteiger partial charge on any atom is -0.383 e. The molecule has 132 valence electrons. The quantitative estimate of drug-likeness (QED) is 0.850. The lowest BCUT2D eigenvalue weighted by atomic mass is 9.91. The van der Waals surface area contributed by atoms with Crippen LogP contribution in [0.5, 0.6) is 0 Å². The van der Waals surface area contributed by atoms with Gasteiger partial charge in [0.15, 0.2) is 6.10 Å². The predicted octanol–water partition coefficient (Wildman–Crippen LogP) is 3.39. The monoisotopic (exact) mass is 345 g/mol. The fourth-order valence-corrected chi connectivity index (χ4v) is 2.73. The van der Waals surface area contributed by atoms with Gasteiger partial charge in [0.25, 0.3) is 0 Å². The highest BCUT2D eigenvalue weighted by Gasteiger charge is 2.44. The maximum Gasteiger partial charge on any atom is 0.414 e. The summed E-state index contributed by atoms with van der Waals surface area (Å²) in [7, 11) is 0. The summed E-state index contributed by atoms with van der Waals surface area (Å²) >= 11 is 0. The van der Waals surface area contributed by atoms with Crippen LogP contribution in [0, 0.1) is 11.7 Å². The number of carbonyl (C=O) groups excluding carboxylic acids is 1. The second kappa shape index (κ2) is 7.79. The molecule has 1 aliphatic rings. The number of aliphatic hydroxyl groups excluding tert-OH is 1. The Morgan fingerprint density at radius 2 is 1.83 bits per heavy atom. The molecule has 1 aliphatic heterocycles. The molecule has 1 aromatic rings. The van der Waals surface area contributed by atoms with Crippen molar-refractivity contribution in [2.45, 2.75) is 31.5 Å². The number of carbonyl (C=O) groups is 1. The first-order chi connectivity index (χ1) is 11.3. The average molecular weight is 345 g/mol. The zero-order chi connectivity index (χ0) is 17.7. The molecule has 1 N–H and O–H groups in total. The fourth-order valence-electron chi connectivity index (χ4n) is 2.73. The summed E-state index contributed by atoms with van der Waals surface area (Å²) in [5.41, 5.74) is 0.760. The van der Waals surface area contributed by atoms with Gasteiger partial charge in [0.1, 0.15) is 5.82 Å². The van der Waals surface area contributed by atoms with Gasteiger partial charge >= 0.3 is 6.18 Å². The summed E-state index contributed by atoms with van der Waals surface area (Å²) in [5, 5.41) is 9.26. The molecule has 1 fully saturated rings. The number of alkyl halides is 3. The van der Waals surface area contributed by atoms with Crippen molar-refractivity contribution in [3.8, 4) is 0 Å². The standard InChI is InChI=1S/C17H19F4NO2/c18-14-6-4-12(5-7-14)2-1-3-15(23)22-10-8-13(9-11-22)16(24)17(19,20)21/h1-2,4-7,13,16,24H,3,8-11H2/b2-1+. The zero-order valence-corrected chi connectivity index (χ0v) is 13.0. The van der Waals surface area contributed by atoms with E-state index in [0.29, 0.717) is 0 Å². The molecule has 0 spiro atoms. The fraction of sp³-hybridized carbons (Fsp3) is 0.471. The Kier molecular flexibility index (Phi) is 5.99. The van der Waals surface area contributed by atoms with E-state index in [1.54, 1.807) is 24.3 Å². The van der Waals surface area contributed by atoms with Gasteiger partial charge in [-0.1, -0.05) is 24.3 Å². The van der Waals surface area contributed by atoms with Gasteiger partial charge < -0.3 is 10.0 Å². The van der Waals surface area contributed by atoms with Gasteiger partial charge in [0.05, 0.1) is 0 Å². The molecule has 0 aliphatic carbocycles. The number of benzene rings is 1. The number of piperidine rings is 1. The lowest BCUT2D eigenvalue weighted by molar-refractivity contribution is -0.222. The van der Waals surface area contributed by atoms with Gasteiger partial charge in [0, 0.05) is 19.5 Å². The molecular weight excluding hydrogens is 326 g/mol. The van der Waals surface area contributed by atoms with E-state index in [4.69, 9.17) is 0 Å². The Morgan fingerprint density at radius 1 is 1.25 bits per heavy atom. The zero-order valence-electron chi connectivity index (χ0n) is 13.0. The van der Waals surface area contributed by atoms with Crippen molar-refractivity contribution >= 4 is 12.0 Å². The Hall–Kier alpha value is -1.89. The van der Waals surface area contributed by atoms with Crippen LogP contribution in [0.2, 0.25) is 0 Å². The van der Waals surface area contributed by atoms with Gasteiger partial charge in [-0.3, -0.25) is 4.79 Å². The summed E-state index contributed by atoms with van der Waals surface area (Å²) < 4.78 is 50.2. The Bertz CT molecular complexity index is 575. The summed E-state index contributed by atoms with van der Waals surface area (Å²) in [4.78, 5) is 13.6. The van der Waals surface area contributed by atoms with Crippen LogP contribution in [0.4, 0.5) is 17.6 Å². The smallest absolute Gasteiger partial charge is 0.383 e. The molecular formula is C17H19F4NO2. The van der Waals surface area contributed by atoms with Crippen molar-refractivity contribution < 1.29 is 27.5 Å². The van der Waals surface area contributed by atoms with E-state index in [9.17, 15) is 27.5 Å². The number of likely N-dealkylation sites (tertiary alicyclic amines) is 1. The van der Waals surface area contributed by atoms with Crippen molar-refractivity contribution in [1.82, 2.24) is 4.90 Å². The number of aliphatic hydroxyl groups is 1. The van der Waals surface area contributed by atoms with Gasteiger partial charge in [-0.25, -0.2) is 4.39 Å². The first kappa shape index (κ1) is 18.4. The van der Waals surface area contributed by atoms with E-state index < -0.39 is 18.2 Å². The highest BCUT2D eigenvalue weighted by Crippen LogP contribution is 2.31. The Balaban J connectivity index is 1.79. The molecule has 3 nitrogen and oxygen atoms in total. The number of hydrogen-bond acceptors (Lipinski definition) is 2. The molecule has 0 radical (unpaired) electrons. The number of halogens is 4. The molecule has 1 heterocycles. The lowest BCUT2D eigenvalue weighted by Gasteiger charge is -2.34. The first-order valence-electron chi connectivity index (χ1n) is 7.72. The maximum atomic E-state index is 12.8. The van der Waals surface area contributed by atoms with E-state index in [2.05, 4.69) is 0 Å². The van der Waals surface area contributed by atoms with Crippen LogP contribution in [-0.2, 0) is 4.79 Å². The van der Waals surface area contributed by atoms with Crippen molar-refractivity contribution in [1.29, 1.82) is 0 Å². The lowest BCUT2D eigenvalue weighted by Crippen LogP contribution is -2.45. The van der Waals surface area contributed by atoms with Gasteiger partial charge in [0.2, 0.25) is 5.91 Å². The Morgan fingerprint density at radius 3 is 2.38 bits per heavy atom. The molecule has 24 heavy (non-hydrogen) atoms. The normalized spacial score (nSPS) is 18.1. The Labute approximate surface area is 137 Å². The summed E-state index contributed by atoms with van der Waals surface area (Å²) in [6.45, 7) is 0.419. The minimum absolute atomic E-state index is 0.129. The third kappa shape index (κ3) is 5.06. The molecule has 1 unspecified atom stereocenters. The molecule has 0 aromatic heterocycles. The van der Waals surface area contributed by atoms with Crippen LogP contribution in [0.15, 0.2) is 30.3 Å². The second-order valence-electron chi connectivity index (χ2n) is 5.86. The predicted molar refractivity (Wildman–Crippen MR) is 81.4 cm³/mol. The van der Waals surface area contributed by atoms with Crippen LogP contribution < -0.4 is 0 Å². The van der Waals surface area contributed by atoms with Gasteiger partial charge in [-0.15, -0.1) is 0 Å². The molecule has 1 amide bonds. The van der Waals surface area contributed by atoms with Crippen LogP contribution in [0.25, 0.3) is 6.08 Å². The number of nitrogens with zero attached hydrogens (tertiary/aromatic N) is 1. The van der Waals surface area contributed by atoms with Gasteiger partial charge in [-0.2, -0.15) is 13.2 Å². The largest absolute Gasteiger partial charge is 0.414 e. The molecule has 1 aromatic carbocycles. The average Bonchev–Trinajstić information content (AvgIpc) is 2.55. The SMILES string of the molecule is O=C(C/C=C/c1ccc(F)cc1)N1CCC(C(O)C(F)(F)F)CC1. The summed E-state index contributed by atoms with van der Waals surface area (Å²) in [5.74, 6) is -1.37. The second-order valence-corrected chi connectivity index (χ2v) is 5.86. The van der Waals surface area contributed by atoms with Gasteiger partial charge in [-0.05, 0) is 36.5 Å². The van der Waals surface area contributed by atoms with Crippen molar-refractivity contribution in [3.05, 3.63) is 41.7 Å². The summed E-state index contributed by atoms with van der Waals surface area (Å²) in [6, 6.07) is 5.80. The molecule has 2 rings (SSSR count). The molecule has 0 saturated carbocycles. The van der Waals surface area contributed by atoms with E-state index in [1.807, 2.05) is 0 Å². The topological polar surface area (TPSA) is 40.5 Å². The first-order valence-corrected chi connectivity index (χ1v) is 7.72. The highest BCUT2D eigenvalue weighted by molar-refractivity contribution is 5.78. The van der Waals surface area contributed by atoms with E-state index in [0.717, 1.165) is 5.56 Å². The summed E-state index contributed by atoms with van der Waals surface area (Å²) in [6.07, 6.45) is -3.21. The van der Waals surface area contributed by atoms with Crippen molar-refractivity contribution in [3.63, 3.8) is 0 Å². The molecule has 0 bridgehead atoms. The third-order valence-electron chi connectivity index (χ3n) is 4.15. The number of amides is 1. The number of hydrogen-bond donors (Lipinski definition) is 1. The van der Waals surface area contributed by atoms with Crippen LogP contribution in [0.1, 0.15) is 24.8 Å². The van der Waals surface area contributed by atoms with E-state index in [-0.39, 0.29) is 44.1 Å². The maximum absolute atomic E-state index is 12.8. The molecule has 1 saturated heterocycles. The van der Waals surface area contributed by atoms with Crippen LogP contribution in [-0.4, -0.2) is 41.3 Å². The minimum atomic E-state index is -4.62. The third-order valence-corrected chi connectivity index (χ3v) is 4.15. The van der Waals surface area contributed by atoms with E-state index in [1.165, 1.54) is 17.0 Å². The van der Waals surface area contributed by atoms with Crippen molar-refractivity contribution in [2.24, 2.45) is 5.92 Å². The highest BCUT2D eigenvalue weighted by atomic mass is 19.4. The number of rotatable bonds is 4. The van der Waals surface area contributed by atoms with Crippen LogP contribution >= 0.6 is 0 Å². The molecule has 7 heteroatoms. The molecule has 1 atom stereocenters. The van der Waals surface area contributed by atoms with Crippen LogP contribution in [0.3, 0.4) is 0 Å².